The second-order valence-corrected chi connectivity index (χ2v) is 8.17. The summed E-state index contributed by atoms with van der Waals surface area (Å²) in [5.41, 5.74) is 2.98. The zero-order valence-corrected chi connectivity index (χ0v) is 18.5. The Hall–Kier alpha value is -3.31. The SMILES string of the molecule is COc1cccc(CN2CCC(NC(=O)c3ccc(COc4ccccc4)cc3)CC2)c1. The molecule has 0 saturated carbocycles. The van der Waals surface area contributed by atoms with Crippen molar-refractivity contribution < 1.29 is 14.3 Å². The number of hydrogen-bond donors (Lipinski definition) is 1. The van der Waals surface area contributed by atoms with E-state index in [1.165, 1.54) is 5.56 Å². The van der Waals surface area contributed by atoms with Crippen molar-refractivity contribution in [2.24, 2.45) is 0 Å². The van der Waals surface area contributed by atoms with Crippen LogP contribution in [0.2, 0.25) is 0 Å². The Kier molecular flexibility index (Phi) is 7.41. The summed E-state index contributed by atoms with van der Waals surface area (Å²) in [7, 11) is 1.69. The van der Waals surface area contributed by atoms with Gasteiger partial charge in [-0.15, -0.1) is 0 Å². The fraction of sp³-hybridized carbons (Fsp3) is 0.296. The van der Waals surface area contributed by atoms with E-state index in [4.69, 9.17) is 9.47 Å². The van der Waals surface area contributed by atoms with E-state index in [-0.39, 0.29) is 11.9 Å². The van der Waals surface area contributed by atoms with Gasteiger partial charge in [0, 0.05) is 31.2 Å². The van der Waals surface area contributed by atoms with Crippen LogP contribution in [0.15, 0.2) is 78.9 Å². The van der Waals surface area contributed by atoms with Gasteiger partial charge in [-0.25, -0.2) is 0 Å². The number of benzene rings is 3. The highest BCUT2D eigenvalue weighted by Gasteiger charge is 2.21. The van der Waals surface area contributed by atoms with Crippen molar-refractivity contribution >= 4 is 5.91 Å². The second-order valence-electron chi connectivity index (χ2n) is 8.17. The molecule has 0 aliphatic carbocycles. The summed E-state index contributed by atoms with van der Waals surface area (Å²) in [6, 6.07) is 25.8. The first kappa shape index (κ1) is 21.9. The van der Waals surface area contributed by atoms with Gasteiger partial charge in [-0.05, 0) is 60.4 Å². The Morgan fingerprint density at radius 2 is 1.62 bits per heavy atom. The quantitative estimate of drug-likeness (QED) is 0.564. The van der Waals surface area contributed by atoms with E-state index in [9.17, 15) is 4.79 Å². The fourth-order valence-electron chi connectivity index (χ4n) is 3.97. The Balaban J connectivity index is 1.22. The van der Waals surface area contributed by atoms with E-state index in [0.29, 0.717) is 12.2 Å². The summed E-state index contributed by atoms with van der Waals surface area (Å²) in [6.07, 6.45) is 1.91. The van der Waals surface area contributed by atoms with Gasteiger partial charge in [-0.3, -0.25) is 9.69 Å². The molecule has 1 aliphatic heterocycles. The van der Waals surface area contributed by atoms with Crippen molar-refractivity contribution in [3.8, 4) is 11.5 Å². The molecule has 1 amide bonds. The van der Waals surface area contributed by atoms with Gasteiger partial charge in [0.2, 0.25) is 0 Å². The van der Waals surface area contributed by atoms with E-state index in [1.807, 2.05) is 66.7 Å². The van der Waals surface area contributed by atoms with Crippen LogP contribution in [0.3, 0.4) is 0 Å². The molecule has 5 heteroatoms. The number of carbonyl (C=O) groups excluding carboxylic acids is 1. The molecule has 32 heavy (non-hydrogen) atoms. The third-order valence-corrected chi connectivity index (χ3v) is 5.83. The highest BCUT2D eigenvalue weighted by atomic mass is 16.5. The Bertz CT molecular complexity index is 997. The number of rotatable bonds is 8. The lowest BCUT2D eigenvalue weighted by atomic mass is 10.0. The van der Waals surface area contributed by atoms with Crippen LogP contribution in [0, 0.1) is 0 Å². The standard InChI is InChI=1S/C27H30N2O3/c1-31-26-9-5-6-22(18-26)19-29-16-14-24(15-17-29)28-27(30)23-12-10-21(11-13-23)20-32-25-7-3-2-4-8-25/h2-13,18,24H,14-17,19-20H2,1H3,(H,28,30). The first-order valence-electron chi connectivity index (χ1n) is 11.1. The lowest BCUT2D eigenvalue weighted by molar-refractivity contribution is 0.0909. The number of hydrogen-bond acceptors (Lipinski definition) is 4. The molecular formula is C27H30N2O3. The van der Waals surface area contributed by atoms with E-state index in [2.05, 4.69) is 22.3 Å². The Morgan fingerprint density at radius 3 is 2.34 bits per heavy atom. The molecule has 0 aromatic heterocycles. The number of ether oxygens (including phenoxy) is 2. The average molecular weight is 431 g/mol. The summed E-state index contributed by atoms with van der Waals surface area (Å²) in [6.45, 7) is 3.33. The van der Waals surface area contributed by atoms with Gasteiger partial charge in [0.05, 0.1) is 7.11 Å². The Morgan fingerprint density at radius 1 is 0.906 bits per heavy atom. The van der Waals surface area contributed by atoms with Crippen LogP contribution in [0.5, 0.6) is 11.5 Å². The van der Waals surface area contributed by atoms with Gasteiger partial charge >= 0.3 is 0 Å². The molecule has 1 saturated heterocycles. The minimum atomic E-state index is -0.00762. The predicted molar refractivity (Wildman–Crippen MR) is 126 cm³/mol. The van der Waals surface area contributed by atoms with Crippen LogP contribution in [0.25, 0.3) is 0 Å². The van der Waals surface area contributed by atoms with Crippen LogP contribution in [-0.2, 0) is 13.2 Å². The van der Waals surface area contributed by atoms with Gasteiger partial charge in [-0.1, -0.05) is 42.5 Å². The molecule has 0 atom stereocenters. The fourth-order valence-corrected chi connectivity index (χ4v) is 3.97. The molecule has 3 aromatic carbocycles. The third kappa shape index (κ3) is 6.11. The molecule has 4 rings (SSSR count). The summed E-state index contributed by atoms with van der Waals surface area (Å²) in [5.74, 6) is 1.72. The molecule has 5 nitrogen and oxygen atoms in total. The number of nitrogens with zero attached hydrogens (tertiary/aromatic N) is 1. The van der Waals surface area contributed by atoms with Gasteiger partial charge in [0.1, 0.15) is 18.1 Å². The maximum Gasteiger partial charge on any atom is 0.251 e. The van der Waals surface area contributed by atoms with Crippen LogP contribution < -0.4 is 14.8 Å². The summed E-state index contributed by atoms with van der Waals surface area (Å²) in [5, 5.41) is 3.20. The van der Waals surface area contributed by atoms with E-state index < -0.39 is 0 Å². The van der Waals surface area contributed by atoms with Crippen LogP contribution in [0.1, 0.15) is 34.3 Å². The largest absolute Gasteiger partial charge is 0.497 e. The molecule has 1 aliphatic rings. The Labute approximate surface area is 190 Å². The number of nitrogens with one attached hydrogen (secondary N) is 1. The lowest BCUT2D eigenvalue weighted by Crippen LogP contribution is -2.44. The minimum absolute atomic E-state index is 0.00762. The molecule has 0 bridgehead atoms. The molecular weight excluding hydrogens is 400 g/mol. The molecule has 1 heterocycles. The van der Waals surface area contributed by atoms with Crippen molar-refractivity contribution in [1.82, 2.24) is 10.2 Å². The van der Waals surface area contributed by atoms with Crippen molar-refractivity contribution in [3.05, 3.63) is 95.6 Å². The summed E-state index contributed by atoms with van der Waals surface area (Å²) in [4.78, 5) is 15.1. The zero-order chi connectivity index (χ0) is 22.2. The van der Waals surface area contributed by atoms with E-state index >= 15 is 0 Å². The van der Waals surface area contributed by atoms with Crippen LogP contribution in [-0.4, -0.2) is 37.0 Å². The molecule has 1 N–H and O–H groups in total. The number of piperidine rings is 1. The molecule has 1 fully saturated rings. The number of likely N-dealkylation sites (tertiary alicyclic amines) is 1. The predicted octanol–water partition coefficient (Wildman–Crippen LogP) is 4.67. The molecule has 0 radical (unpaired) electrons. The number of methoxy groups -OCH3 is 1. The topological polar surface area (TPSA) is 50.8 Å². The van der Waals surface area contributed by atoms with Crippen molar-refractivity contribution in [1.29, 1.82) is 0 Å². The first-order chi connectivity index (χ1) is 15.7. The molecule has 166 valence electrons. The second kappa shape index (κ2) is 10.8. The molecule has 0 spiro atoms. The van der Waals surface area contributed by atoms with Crippen molar-refractivity contribution in [2.45, 2.75) is 32.0 Å². The van der Waals surface area contributed by atoms with Gasteiger partial charge in [0.15, 0.2) is 0 Å². The van der Waals surface area contributed by atoms with Gasteiger partial charge in [0.25, 0.3) is 5.91 Å². The number of para-hydroxylation sites is 1. The van der Waals surface area contributed by atoms with Crippen LogP contribution >= 0.6 is 0 Å². The van der Waals surface area contributed by atoms with E-state index in [1.54, 1.807) is 7.11 Å². The molecule has 0 unspecified atom stereocenters. The maximum atomic E-state index is 12.7. The normalized spacial score (nSPS) is 14.7. The van der Waals surface area contributed by atoms with E-state index in [0.717, 1.165) is 49.5 Å². The monoisotopic (exact) mass is 430 g/mol. The highest BCUT2D eigenvalue weighted by Crippen LogP contribution is 2.18. The van der Waals surface area contributed by atoms with Crippen LogP contribution in [0.4, 0.5) is 0 Å². The maximum absolute atomic E-state index is 12.7. The average Bonchev–Trinajstić information content (AvgIpc) is 2.85. The van der Waals surface area contributed by atoms with Gasteiger partial charge in [-0.2, -0.15) is 0 Å². The lowest BCUT2D eigenvalue weighted by Gasteiger charge is -2.32. The molecule has 3 aromatic rings. The van der Waals surface area contributed by atoms with Crippen molar-refractivity contribution in [3.63, 3.8) is 0 Å². The number of carbonyl (C=O) groups is 1. The number of amides is 1. The summed E-state index contributed by atoms with van der Waals surface area (Å²) >= 11 is 0. The van der Waals surface area contributed by atoms with Crippen molar-refractivity contribution in [2.75, 3.05) is 20.2 Å². The zero-order valence-electron chi connectivity index (χ0n) is 18.5. The third-order valence-electron chi connectivity index (χ3n) is 5.83. The first-order valence-corrected chi connectivity index (χ1v) is 11.1. The summed E-state index contributed by atoms with van der Waals surface area (Å²) < 4.78 is 11.1. The van der Waals surface area contributed by atoms with Gasteiger partial charge < -0.3 is 14.8 Å². The highest BCUT2D eigenvalue weighted by molar-refractivity contribution is 5.94. The smallest absolute Gasteiger partial charge is 0.251 e. The minimum Gasteiger partial charge on any atom is -0.497 e.